The molecular formula is C15H20N6O. The predicted octanol–water partition coefficient (Wildman–Crippen LogP) is 0.789. The van der Waals surface area contributed by atoms with E-state index in [0.29, 0.717) is 18.8 Å². The fourth-order valence-corrected chi connectivity index (χ4v) is 2.65. The zero-order chi connectivity index (χ0) is 15.7. The molecule has 2 aromatic heterocycles. The fraction of sp³-hybridized carbons (Fsp3) is 0.467. The Morgan fingerprint density at radius 3 is 2.27 bits per heavy atom. The summed E-state index contributed by atoms with van der Waals surface area (Å²) in [5.74, 6) is 0.740. The summed E-state index contributed by atoms with van der Waals surface area (Å²) in [7, 11) is 1.81. The minimum absolute atomic E-state index is 0.0124. The monoisotopic (exact) mass is 300 g/mol. The van der Waals surface area contributed by atoms with Gasteiger partial charge in [-0.3, -0.25) is 9.48 Å². The highest BCUT2D eigenvalue weighted by Gasteiger charge is 2.24. The maximum atomic E-state index is 12.4. The number of carbonyl (C=O) groups is 1. The van der Waals surface area contributed by atoms with Gasteiger partial charge in [0.1, 0.15) is 5.69 Å². The molecule has 1 aliphatic rings. The molecule has 3 heterocycles. The number of nitrogens with zero attached hydrogens (tertiary/aromatic N) is 6. The summed E-state index contributed by atoms with van der Waals surface area (Å²) in [6.45, 7) is 6.73. The zero-order valence-corrected chi connectivity index (χ0v) is 13.2. The van der Waals surface area contributed by atoms with Gasteiger partial charge >= 0.3 is 0 Å². The Hall–Kier alpha value is -2.44. The molecule has 2 aromatic rings. The van der Waals surface area contributed by atoms with Crippen LogP contribution in [-0.4, -0.2) is 56.7 Å². The van der Waals surface area contributed by atoms with Gasteiger partial charge in [0, 0.05) is 50.8 Å². The number of aryl methyl sites for hydroxylation is 3. The van der Waals surface area contributed by atoms with Crippen molar-refractivity contribution < 1.29 is 4.79 Å². The van der Waals surface area contributed by atoms with E-state index in [0.717, 1.165) is 30.4 Å². The van der Waals surface area contributed by atoms with Crippen molar-refractivity contribution >= 4 is 11.9 Å². The van der Waals surface area contributed by atoms with Crippen LogP contribution in [0.1, 0.15) is 21.9 Å². The molecule has 7 nitrogen and oxygen atoms in total. The van der Waals surface area contributed by atoms with Crippen LogP contribution >= 0.6 is 0 Å². The number of carbonyl (C=O) groups excluding carboxylic acids is 1. The predicted molar refractivity (Wildman–Crippen MR) is 82.8 cm³/mol. The molecule has 0 saturated carbocycles. The average molecular weight is 300 g/mol. The van der Waals surface area contributed by atoms with Gasteiger partial charge in [-0.25, -0.2) is 9.97 Å². The number of hydrogen-bond acceptors (Lipinski definition) is 5. The minimum Gasteiger partial charge on any atom is -0.337 e. The van der Waals surface area contributed by atoms with E-state index in [-0.39, 0.29) is 5.91 Å². The van der Waals surface area contributed by atoms with E-state index in [1.807, 2.05) is 31.9 Å². The minimum atomic E-state index is -0.0124. The molecule has 0 radical (unpaired) electrons. The smallest absolute Gasteiger partial charge is 0.274 e. The third-order valence-corrected chi connectivity index (χ3v) is 3.75. The topological polar surface area (TPSA) is 67.2 Å². The van der Waals surface area contributed by atoms with Gasteiger partial charge in [0.05, 0.1) is 0 Å². The molecule has 0 N–H and O–H groups in total. The Bertz CT molecular complexity index is 667. The first-order chi connectivity index (χ1) is 10.5. The van der Waals surface area contributed by atoms with Crippen molar-refractivity contribution in [1.29, 1.82) is 0 Å². The SMILES string of the molecule is Cc1cc(C)nc(N2CCN(C(=O)c3ccn(C)n3)CC2)n1. The summed E-state index contributed by atoms with van der Waals surface area (Å²) in [5, 5.41) is 4.17. The highest BCUT2D eigenvalue weighted by atomic mass is 16.2. The highest BCUT2D eigenvalue weighted by molar-refractivity contribution is 5.92. The van der Waals surface area contributed by atoms with E-state index >= 15 is 0 Å². The van der Waals surface area contributed by atoms with Crippen LogP contribution in [0.5, 0.6) is 0 Å². The van der Waals surface area contributed by atoms with Crippen molar-refractivity contribution in [2.24, 2.45) is 7.05 Å². The van der Waals surface area contributed by atoms with E-state index in [2.05, 4.69) is 20.0 Å². The van der Waals surface area contributed by atoms with Gasteiger partial charge in [0.25, 0.3) is 5.91 Å². The van der Waals surface area contributed by atoms with Gasteiger partial charge in [-0.05, 0) is 26.0 Å². The van der Waals surface area contributed by atoms with Crippen molar-refractivity contribution in [1.82, 2.24) is 24.6 Å². The summed E-state index contributed by atoms with van der Waals surface area (Å²) < 4.78 is 1.65. The van der Waals surface area contributed by atoms with Crippen LogP contribution in [0.25, 0.3) is 0 Å². The second-order valence-electron chi connectivity index (χ2n) is 5.60. The number of aromatic nitrogens is 4. The molecule has 1 aliphatic heterocycles. The summed E-state index contributed by atoms with van der Waals surface area (Å²) in [6.07, 6.45) is 1.78. The van der Waals surface area contributed by atoms with E-state index in [1.54, 1.807) is 16.9 Å². The van der Waals surface area contributed by atoms with Gasteiger partial charge in [-0.2, -0.15) is 5.10 Å². The van der Waals surface area contributed by atoms with E-state index in [9.17, 15) is 4.79 Å². The van der Waals surface area contributed by atoms with Crippen LogP contribution in [0.3, 0.4) is 0 Å². The van der Waals surface area contributed by atoms with E-state index in [1.165, 1.54) is 0 Å². The number of amides is 1. The quantitative estimate of drug-likeness (QED) is 0.820. The number of piperazine rings is 1. The first-order valence-electron chi connectivity index (χ1n) is 7.39. The third kappa shape index (κ3) is 2.93. The molecule has 1 fully saturated rings. The Kier molecular flexibility index (Phi) is 3.79. The molecule has 116 valence electrons. The molecule has 0 spiro atoms. The molecule has 0 bridgehead atoms. The first kappa shape index (κ1) is 14.5. The number of rotatable bonds is 2. The number of hydrogen-bond donors (Lipinski definition) is 0. The molecule has 1 amide bonds. The molecule has 0 atom stereocenters. The second-order valence-corrected chi connectivity index (χ2v) is 5.60. The lowest BCUT2D eigenvalue weighted by Crippen LogP contribution is -2.49. The van der Waals surface area contributed by atoms with Crippen molar-refractivity contribution in [2.45, 2.75) is 13.8 Å². The summed E-state index contributed by atoms with van der Waals surface area (Å²) in [4.78, 5) is 25.3. The maximum absolute atomic E-state index is 12.4. The van der Waals surface area contributed by atoms with Gasteiger partial charge in [-0.15, -0.1) is 0 Å². The third-order valence-electron chi connectivity index (χ3n) is 3.75. The average Bonchev–Trinajstić information content (AvgIpc) is 2.92. The lowest BCUT2D eigenvalue weighted by molar-refractivity contribution is 0.0739. The van der Waals surface area contributed by atoms with Gasteiger partial charge in [-0.1, -0.05) is 0 Å². The standard InChI is InChI=1S/C15H20N6O/c1-11-10-12(2)17-15(16-11)21-8-6-20(7-9-21)14(22)13-4-5-19(3)18-13/h4-5,10H,6-9H2,1-3H3. The molecule has 0 aliphatic carbocycles. The van der Waals surface area contributed by atoms with Crippen LogP contribution in [0, 0.1) is 13.8 Å². The number of anilines is 1. The van der Waals surface area contributed by atoms with E-state index < -0.39 is 0 Å². The Morgan fingerprint density at radius 2 is 1.73 bits per heavy atom. The first-order valence-corrected chi connectivity index (χ1v) is 7.39. The van der Waals surface area contributed by atoms with Crippen LogP contribution in [-0.2, 0) is 7.05 Å². The molecule has 0 unspecified atom stereocenters. The molecular weight excluding hydrogens is 280 g/mol. The van der Waals surface area contributed by atoms with Crippen molar-refractivity contribution in [3.05, 3.63) is 35.4 Å². The van der Waals surface area contributed by atoms with Crippen molar-refractivity contribution in [3.63, 3.8) is 0 Å². The van der Waals surface area contributed by atoms with Gasteiger partial charge in [0.15, 0.2) is 0 Å². The summed E-state index contributed by atoms with van der Waals surface area (Å²) in [5.41, 5.74) is 2.43. The molecule has 22 heavy (non-hydrogen) atoms. The van der Waals surface area contributed by atoms with Gasteiger partial charge < -0.3 is 9.80 Å². The van der Waals surface area contributed by atoms with Crippen LogP contribution in [0.2, 0.25) is 0 Å². The molecule has 3 rings (SSSR count). The highest BCUT2D eigenvalue weighted by Crippen LogP contribution is 2.14. The van der Waals surface area contributed by atoms with Crippen molar-refractivity contribution in [2.75, 3.05) is 31.1 Å². The lowest BCUT2D eigenvalue weighted by atomic mass is 10.3. The van der Waals surface area contributed by atoms with Crippen LogP contribution in [0.4, 0.5) is 5.95 Å². The zero-order valence-electron chi connectivity index (χ0n) is 13.2. The summed E-state index contributed by atoms with van der Waals surface area (Å²) >= 11 is 0. The van der Waals surface area contributed by atoms with E-state index in [4.69, 9.17) is 0 Å². The van der Waals surface area contributed by atoms with Crippen LogP contribution < -0.4 is 4.90 Å². The molecule has 0 aromatic carbocycles. The van der Waals surface area contributed by atoms with Crippen molar-refractivity contribution in [3.8, 4) is 0 Å². The van der Waals surface area contributed by atoms with Gasteiger partial charge in [0.2, 0.25) is 5.95 Å². The summed E-state index contributed by atoms with van der Waals surface area (Å²) in [6, 6.07) is 3.71. The Balaban J connectivity index is 1.66. The Labute approximate surface area is 129 Å². The molecule has 1 saturated heterocycles. The maximum Gasteiger partial charge on any atom is 0.274 e. The lowest BCUT2D eigenvalue weighted by Gasteiger charge is -2.34. The normalized spacial score (nSPS) is 15.2. The van der Waals surface area contributed by atoms with Crippen LogP contribution in [0.15, 0.2) is 18.3 Å². The Morgan fingerprint density at radius 1 is 1.09 bits per heavy atom. The molecule has 7 heteroatoms. The largest absolute Gasteiger partial charge is 0.337 e. The fourth-order valence-electron chi connectivity index (χ4n) is 2.65. The second kappa shape index (κ2) is 5.75.